The van der Waals surface area contributed by atoms with Crippen molar-refractivity contribution in [2.75, 3.05) is 16.5 Å². The van der Waals surface area contributed by atoms with E-state index in [9.17, 15) is 0 Å². The molecule has 2 aromatic carbocycles. The maximum atomic E-state index is 4.06. The van der Waals surface area contributed by atoms with Crippen molar-refractivity contribution in [3.63, 3.8) is 0 Å². The van der Waals surface area contributed by atoms with Gasteiger partial charge < -0.3 is 4.90 Å². The van der Waals surface area contributed by atoms with Gasteiger partial charge in [-0.1, -0.05) is 44.2 Å². The molecule has 0 aliphatic rings. The lowest BCUT2D eigenvalue weighted by Crippen LogP contribution is -2.26. The molecular formula is C17H20BrN3S. The van der Waals surface area contributed by atoms with Crippen molar-refractivity contribution in [3.05, 3.63) is 42.0 Å². The molecule has 0 heterocycles. The summed E-state index contributed by atoms with van der Waals surface area (Å²) >= 11 is 5.36. The molecule has 0 saturated carbocycles. The van der Waals surface area contributed by atoms with Crippen molar-refractivity contribution in [2.45, 2.75) is 20.3 Å². The van der Waals surface area contributed by atoms with Crippen molar-refractivity contribution in [3.8, 4) is 0 Å². The van der Waals surface area contributed by atoms with Gasteiger partial charge in [-0.05, 0) is 45.1 Å². The summed E-state index contributed by atoms with van der Waals surface area (Å²) in [4.78, 5) is 2.13. The van der Waals surface area contributed by atoms with Gasteiger partial charge >= 0.3 is 0 Å². The maximum absolute atomic E-state index is 4.06. The second-order valence-electron chi connectivity index (χ2n) is 4.70. The topological polar surface area (TPSA) is 28.0 Å². The third-order valence-electron chi connectivity index (χ3n) is 3.46. The third kappa shape index (κ3) is 3.70. The van der Waals surface area contributed by atoms with Crippen LogP contribution in [0, 0.1) is 0 Å². The number of fused-ring (bicyclic) bond motifs is 1. The van der Waals surface area contributed by atoms with Gasteiger partial charge in [0.15, 0.2) is 4.74 Å². The van der Waals surface area contributed by atoms with Crippen LogP contribution in [0.15, 0.2) is 46.6 Å². The van der Waals surface area contributed by atoms with Crippen LogP contribution in [-0.2, 0) is 6.42 Å². The molecule has 0 saturated heterocycles. The Morgan fingerprint density at radius 2 is 1.91 bits per heavy atom. The van der Waals surface area contributed by atoms with Gasteiger partial charge in [-0.2, -0.15) is 5.10 Å². The van der Waals surface area contributed by atoms with Crippen molar-refractivity contribution >= 4 is 55.6 Å². The first-order valence-electron chi connectivity index (χ1n) is 7.28. The molecule has 2 aromatic rings. The van der Waals surface area contributed by atoms with Crippen LogP contribution in [0.25, 0.3) is 10.8 Å². The van der Waals surface area contributed by atoms with Crippen LogP contribution < -0.4 is 4.90 Å². The Balaban J connectivity index is 2.58. The minimum Gasteiger partial charge on any atom is -0.309 e. The normalized spacial score (nSPS) is 11.7. The Morgan fingerprint density at radius 3 is 2.55 bits per heavy atom. The van der Waals surface area contributed by atoms with E-state index in [0.29, 0.717) is 4.74 Å². The lowest BCUT2D eigenvalue weighted by Gasteiger charge is -2.24. The summed E-state index contributed by atoms with van der Waals surface area (Å²) in [6, 6.07) is 12.9. The summed E-state index contributed by atoms with van der Waals surface area (Å²) in [5.41, 5.74) is 2.49. The van der Waals surface area contributed by atoms with Gasteiger partial charge in [-0.3, -0.25) is 0 Å². The van der Waals surface area contributed by atoms with Gasteiger partial charge in [0.2, 0.25) is 0 Å². The second kappa shape index (κ2) is 8.34. The van der Waals surface area contributed by atoms with E-state index in [1.165, 1.54) is 16.3 Å². The largest absolute Gasteiger partial charge is 0.309 e. The Morgan fingerprint density at radius 1 is 1.18 bits per heavy atom. The van der Waals surface area contributed by atoms with E-state index in [-0.39, 0.29) is 0 Å². The number of thioether (sulfide) groups is 1. The molecule has 0 atom stereocenters. The zero-order valence-corrected chi connectivity index (χ0v) is 15.3. The van der Waals surface area contributed by atoms with E-state index in [2.05, 4.69) is 88.0 Å². The quantitative estimate of drug-likeness (QED) is 0.225. The molecule has 3 nitrogen and oxygen atoms in total. The average Bonchev–Trinajstić information content (AvgIpc) is 2.55. The van der Waals surface area contributed by atoms with Crippen LogP contribution in [0.1, 0.15) is 19.4 Å². The lowest BCUT2D eigenvalue weighted by molar-refractivity contribution is 1.15. The van der Waals surface area contributed by atoms with Crippen molar-refractivity contribution in [1.82, 2.24) is 0 Å². The van der Waals surface area contributed by atoms with Crippen molar-refractivity contribution < 1.29 is 0 Å². The summed E-state index contributed by atoms with van der Waals surface area (Å²) in [6.07, 6.45) is 1.02. The first kappa shape index (κ1) is 17.0. The van der Waals surface area contributed by atoms with Crippen LogP contribution in [0.2, 0.25) is 0 Å². The van der Waals surface area contributed by atoms with Crippen LogP contribution in [-0.4, -0.2) is 23.1 Å². The highest BCUT2D eigenvalue weighted by Gasteiger charge is 2.15. The summed E-state index contributed by atoms with van der Waals surface area (Å²) in [5, 5.41) is 10.2. The number of amidine groups is 1. The molecule has 0 amide bonds. The predicted molar refractivity (Wildman–Crippen MR) is 105 cm³/mol. The Bertz CT molecular complexity index is 685. The number of nitrogens with zero attached hydrogens (tertiary/aromatic N) is 3. The fourth-order valence-corrected chi connectivity index (χ4v) is 3.63. The molecule has 0 N–H and O–H groups in total. The van der Waals surface area contributed by atoms with Crippen LogP contribution in [0.5, 0.6) is 0 Å². The summed E-state index contributed by atoms with van der Waals surface area (Å²) in [6.45, 7) is 7.78. The number of hydrogen-bond acceptors (Lipinski definition) is 3. The van der Waals surface area contributed by atoms with Gasteiger partial charge in [-0.25, -0.2) is 0 Å². The van der Waals surface area contributed by atoms with E-state index >= 15 is 0 Å². The standard InChI is InChI=1S/C17H20BrN3S/c1-4-13-10-11-16(15-9-7-6-8-14(13)15)21(12-22-5-2)17(18)20-19-3/h6-11H,3-5,12H2,1-2H3/b20-17-. The van der Waals surface area contributed by atoms with Gasteiger partial charge in [0.1, 0.15) is 0 Å². The molecule has 0 aliphatic heterocycles. The van der Waals surface area contributed by atoms with Crippen LogP contribution in [0.3, 0.4) is 0 Å². The van der Waals surface area contributed by atoms with Crippen molar-refractivity contribution in [1.29, 1.82) is 0 Å². The Kier molecular flexibility index (Phi) is 6.46. The van der Waals surface area contributed by atoms with Gasteiger partial charge in [-0.15, -0.1) is 16.9 Å². The minimum atomic E-state index is 0.679. The average molecular weight is 378 g/mol. The predicted octanol–water partition coefficient (Wildman–Crippen LogP) is 5.29. The molecule has 0 aliphatic carbocycles. The number of halogens is 1. The molecule has 5 heteroatoms. The van der Waals surface area contributed by atoms with E-state index in [1.54, 1.807) is 0 Å². The first-order valence-corrected chi connectivity index (χ1v) is 9.22. The van der Waals surface area contributed by atoms with E-state index in [4.69, 9.17) is 0 Å². The molecule has 0 unspecified atom stereocenters. The molecule has 116 valence electrons. The zero-order chi connectivity index (χ0) is 15.9. The van der Waals surface area contributed by atoms with Crippen LogP contribution >= 0.6 is 27.7 Å². The fraction of sp³-hybridized carbons (Fsp3) is 0.294. The SMILES string of the molecule is C=N/N=C(/Br)N(CSCC)c1ccc(CC)c2ccccc12. The zero-order valence-electron chi connectivity index (χ0n) is 12.9. The number of hydrogen-bond donors (Lipinski definition) is 0. The number of anilines is 1. The Labute approximate surface area is 144 Å². The molecule has 0 spiro atoms. The third-order valence-corrected chi connectivity index (χ3v) is 4.90. The molecule has 0 aromatic heterocycles. The summed E-state index contributed by atoms with van der Waals surface area (Å²) < 4.78 is 0.679. The molecule has 2 rings (SSSR count). The van der Waals surface area contributed by atoms with Crippen molar-refractivity contribution in [2.24, 2.45) is 10.2 Å². The van der Waals surface area contributed by atoms with Gasteiger partial charge in [0.05, 0.1) is 11.6 Å². The highest BCUT2D eigenvalue weighted by molar-refractivity contribution is 9.18. The first-order chi connectivity index (χ1) is 10.7. The molecule has 0 radical (unpaired) electrons. The number of rotatable bonds is 6. The second-order valence-corrected chi connectivity index (χ2v) is 6.66. The van der Waals surface area contributed by atoms with E-state index in [0.717, 1.165) is 23.7 Å². The highest BCUT2D eigenvalue weighted by Crippen LogP contribution is 2.32. The number of benzene rings is 2. The monoisotopic (exact) mass is 377 g/mol. The highest BCUT2D eigenvalue weighted by atomic mass is 79.9. The summed E-state index contributed by atoms with van der Waals surface area (Å²) in [7, 11) is 0. The maximum Gasteiger partial charge on any atom is 0.199 e. The Hall–Kier alpha value is -1.33. The van der Waals surface area contributed by atoms with Crippen LogP contribution in [0.4, 0.5) is 5.69 Å². The number of aryl methyl sites for hydroxylation is 1. The van der Waals surface area contributed by atoms with E-state index in [1.807, 2.05) is 11.8 Å². The van der Waals surface area contributed by atoms with Gasteiger partial charge in [0.25, 0.3) is 0 Å². The smallest absolute Gasteiger partial charge is 0.199 e. The lowest BCUT2D eigenvalue weighted by atomic mass is 10.0. The summed E-state index contributed by atoms with van der Waals surface area (Å²) in [5.74, 6) is 1.86. The molecule has 22 heavy (non-hydrogen) atoms. The molecular weight excluding hydrogens is 358 g/mol. The minimum absolute atomic E-state index is 0.679. The van der Waals surface area contributed by atoms with Gasteiger partial charge in [0, 0.05) is 12.1 Å². The molecule has 0 fully saturated rings. The van der Waals surface area contributed by atoms with E-state index < -0.39 is 0 Å². The molecule has 0 bridgehead atoms. The fourth-order valence-electron chi connectivity index (χ4n) is 2.41.